The van der Waals surface area contributed by atoms with Gasteiger partial charge in [-0.25, -0.2) is 0 Å². The Hall–Kier alpha value is -1.38. The molecular formula is C11H15NO2. The summed E-state index contributed by atoms with van der Waals surface area (Å²) in [6.45, 7) is 6.09. The molecule has 0 saturated carbocycles. The third-order valence-electron chi connectivity index (χ3n) is 2.22. The monoisotopic (exact) mass is 193 g/mol. The zero-order valence-electron chi connectivity index (χ0n) is 8.81. The molecular weight excluding hydrogens is 178 g/mol. The molecule has 0 heterocycles. The van der Waals surface area contributed by atoms with Gasteiger partial charge in [0.15, 0.2) is 5.78 Å². The van der Waals surface area contributed by atoms with Gasteiger partial charge < -0.3 is 5.32 Å². The van der Waals surface area contributed by atoms with Gasteiger partial charge in [0, 0.05) is 17.7 Å². The number of carbonyl (C=O) groups is 2. The number of hydrogen-bond acceptors (Lipinski definition) is 3. The van der Waals surface area contributed by atoms with Crippen LogP contribution in [0.25, 0.3) is 0 Å². The Morgan fingerprint density at radius 1 is 1.29 bits per heavy atom. The second-order valence-corrected chi connectivity index (χ2v) is 3.45. The summed E-state index contributed by atoms with van der Waals surface area (Å²) in [5.41, 5.74) is 1.51. The van der Waals surface area contributed by atoms with Crippen LogP contribution >= 0.6 is 0 Å². The number of allylic oxidation sites excluding steroid dienone is 3. The van der Waals surface area contributed by atoms with E-state index < -0.39 is 0 Å². The van der Waals surface area contributed by atoms with Crippen LogP contribution in [0.4, 0.5) is 0 Å². The van der Waals surface area contributed by atoms with Crippen LogP contribution in [-0.4, -0.2) is 18.1 Å². The molecule has 1 aliphatic rings. The summed E-state index contributed by atoms with van der Waals surface area (Å²) in [5.74, 6) is -0.128. The van der Waals surface area contributed by atoms with Crippen molar-refractivity contribution in [2.75, 3.05) is 6.54 Å². The Bertz CT molecular complexity index is 337. The molecule has 0 spiro atoms. The van der Waals surface area contributed by atoms with Gasteiger partial charge in [0.05, 0.1) is 5.70 Å². The summed E-state index contributed by atoms with van der Waals surface area (Å²) in [7, 11) is 0. The number of Topliss-reactive ketones (excluding diaryl/α,β-unsaturated/α-hetero) is 1. The maximum atomic E-state index is 11.5. The zero-order valence-corrected chi connectivity index (χ0v) is 8.81. The Labute approximate surface area is 83.9 Å². The molecule has 0 bridgehead atoms. The van der Waals surface area contributed by atoms with E-state index >= 15 is 0 Å². The van der Waals surface area contributed by atoms with Crippen LogP contribution in [0.2, 0.25) is 0 Å². The fourth-order valence-electron chi connectivity index (χ4n) is 1.40. The maximum absolute atomic E-state index is 11.5. The molecule has 3 heteroatoms. The molecule has 0 unspecified atom stereocenters. The molecule has 0 fully saturated rings. The van der Waals surface area contributed by atoms with E-state index in [9.17, 15) is 9.59 Å². The smallest absolute Gasteiger partial charge is 0.202 e. The lowest BCUT2D eigenvalue weighted by Gasteiger charge is -2.15. The van der Waals surface area contributed by atoms with E-state index in [2.05, 4.69) is 5.32 Å². The molecule has 0 radical (unpaired) electrons. The summed E-state index contributed by atoms with van der Waals surface area (Å²) >= 11 is 0. The van der Waals surface area contributed by atoms with Crippen LogP contribution < -0.4 is 5.32 Å². The van der Waals surface area contributed by atoms with E-state index in [0.29, 0.717) is 16.8 Å². The summed E-state index contributed by atoms with van der Waals surface area (Å²) in [4.78, 5) is 23.0. The molecule has 0 saturated heterocycles. The molecule has 76 valence electrons. The van der Waals surface area contributed by atoms with Crippen molar-refractivity contribution in [3.63, 3.8) is 0 Å². The molecule has 0 aromatic carbocycles. The fourth-order valence-corrected chi connectivity index (χ4v) is 1.40. The predicted octanol–water partition coefficient (Wildman–Crippen LogP) is 1.36. The van der Waals surface area contributed by atoms with Crippen LogP contribution in [0, 0.1) is 0 Å². The largest absolute Gasteiger partial charge is 0.382 e. The summed E-state index contributed by atoms with van der Waals surface area (Å²) < 4.78 is 0. The van der Waals surface area contributed by atoms with Gasteiger partial charge in [0.1, 0.15) is 0 Å². The minimum absolute atomic E-state index is 0.0387. The molecule has 1 aliphatic carbocycles. The van der Waals surface area contributed by atoms with E-state index in [-0.39, 0.29) is 11.6 Å². The van der Waals surface area contributed by atoms with E-state index in [4.69, 9.17) is 0 Å². The Balaban J connectivity index is 2.92. The number of hydrogen-bond donors (Lipinski definition) is 1. The van der Waals surface area contributed by atoms with Crippen LogP contribution in [0.15, 0.2) is 22.9 Å². The second-order valence-electron chi connectivity index (χ2n) is 3.45. The molecule has 0 amide bonds. The Kier molecular flexibility index (Phi) is 3.23. The summed E-state index contributed by atoms with van der Waals surface area (Å²) in [6, 6.07) is 0. The van der Waals surface area contributed by atoms with Crippen molar-refractivity contribution in [2.24, 2.45) is 0 Å². The van der Waals surface area contributed by atoms with Crippen molar-refractivity contribution in [2.45, 2.75) is 27.2 Å². The van der Waals surface area contributed by atoms with Gasteiger partial charge in [-0.1, -0.05) is 6.92 Å². The van der Waals surface area contributed by atoms with Crippen molar-refractivity contribution in [3.05, 3.63) is 22.9 Å². The number of nitrogens with one attached hydrogen (secondary N) is 1. The molecule has 0 atom stereocenters. The summed E-state index contributed by atoms with van der Waals surface area (Å²) in [5, 5.41) is 2.99. The normalized spacial score (nSPS) is 17.2. The lowest BCUT2D eigenvalue weighted by atomic mass is 9.95. The molecule has 0 aromatic heterocycles. The van der Waals surface area contributed by atoms with E-state index in [1.807, 2.05) is 6.92 Å². The van der Waals surface area contributed by atoms with E-state index in [1.165, 1.54) is 6.08 Å². The minimum Gasteiger partial charge on any atom is -0.382 e. The molecule has 1 rings (SSSR count). The van der Waals surface area contributed by atoms with Crippen molar-refractivity contribution in [1.29, 1.82) is 0 Å². The zero-order chi connectivity index (χ0) is 10.7. The third kappa shape index (κ3) is 1.92. The molecule has 1 N–H and O–H groups in total. The first kappa shape index (κ1) is 10.7. The number of rotatable bonds is 3. The van der Waals surface area contributed by atoms with Crippen LogP contribution in [-0.2, 0) is 9.59 Å². The lowest BCUT2D eigenvalue weighted by molar-refractivity contribution is -0.116. The highest BCUT2D eigenvalue weighted by Gasteiger charge is 2.22. The Morgan fingerprint density at radius 3 is 2.50 bits per heavy atom. The van der Waals surface area contributed by atoms with Crippen molar-refractivity contribution in [3.8, 4) is 0 Å². The first-order valence-corrected chi connectivity index (χ1v) is 4.80. The Morgan fingerprint density at radius 2 is 1.93 bits per heavy atom. The quantitative estimate of drug-likeness (QED) is 0.688. The third-order valence-corrected chi connectivity index (χ3v) is 2.22. The van der Waals surface area contributed by atoms with Crippen LogP contribution in [0.5, 0.6) is 0 Å². The average molecular weight is 193 g/mol. The molecule has 3 nitrogen and oxygen atoms in total. The van der Waals surface area contributed by atoms with Gasteiger partial charge in [-0.2, -0.15) is 0 Å². The van der Waals surface area contributed by atoms with Crippen molar-refractivity contribution >= 4 is 11.6 Å². The van der Waals surface area contributed by atoms with Gasteiger partial charge in [-0.05, 0) is 26.3 Å². The number of carbonyl (C=O) groups excluding carboxylic acids is 2. The standard InChI is InChI=1S/C11H15NO2/c1-4-5-12-10-8(3)11(14)7(2)6-9(10)13/h6,12H,4-5H2,1-3H3. The topological polar surface area (TPSA) is 46.2 Å². The van der Waals surface area contributed by atoms with Gasteiger partial charge in [-0.3, -0.25) is 9.59 Å². The van der Waals surface area contributed by atoms with E-state index in [1.54, 1.807) is 13.8 Å². The highest BCUT2D eigenvalue weighted by molar-refractivity contribution is 6.21. The van der Waals surface area contributed by atoms with Gasteiger partial charge >= 0.3 is 0 Å². The second kappa shape index (κ2) is 4.22. The van der Waals surface area contributed by atoms with Gasteiger partial charge in [-0.15, -0.1) is 0 Å². The average Bonchev–Trinajstić information content (AvgIpc) is 2.14. The highest BCUT2D eigenvalue weighted by atomic mass is 16.1. The number of ketones is 2. The van der Waals surface area contributed by atoms with E-state index in [0.717, 1.165) is 13.0 Å². The molecule has 0 aliphatic heterocycles. The molecule has 0 aromatic rings. The first-order valence-electron chi connectivity index (χ1n) is 4.80. The first-order chi connectivity index (χ1) is 6.57. The van der Waals surface area contributed by atoms with Crippen LogP contribution in [0.1, 0.15) is 27.2 Å². The highest BCUT2D eigenvalue weighted by Crippen LogP contribution is 2.16. The van der Waals surface area contributed by atoms with Gasteiger partial charge in [0.25, 0.3) is 0 Å². The van der Waals surface area contributed by atoms with Crippen molar-refractivity contribution < 1.29 is 9.59 Å². The van der Waals surface area contributed by atoms with Crippen LogP contribution in [0.3, 0.4) is 0 Å². The van der Waals surface area contributed by atoms with Gasteiger partial charge in [0.2, 0.25) is 5.78 Å². The fraction of sp³-hybridized carbons (Fsp3) is 0.455. The molecule has 14 heavy (non-hydrogen) atoms. The maximum Gasteiger partial charge on any atom is 0.202 e. The predicted molar refractivity (Wildman–Crippen MR) is 54.8 cm³/mol. The summed E-state index contributed by atoms with van der Waals surface area (Å²) in [6.07, 6.45) is 2.33. The van der Waals surface area contributed by atoms with Crippen molar-refractivity contribution in [1.82, 2.24) is 5.32 Å². The minimum atomic E-state index is -0.0898. The SMILES string of the molecule is CCCNC1=C(C)C(=O)C(C)=CC1=O. The lowest BCUT2D eigenvalue weighted by Crippen LogP contribution is -2.27.